The van der Waals surface area contributed by atoms with Crippen molar-refractivity contribution in [2.45, 2.75) is 12.3 Å². The van der Waals surface area contributed by atoms with E-state index in [0.717, 1.165) is 107 Å². The second-order valence-electron chi connectivity index (χ2n) is 27.5. The van der Waals surface area contributed by atoms with Crippen molar-refractivity contribution in [2.24, 2.45) is 0 Å². The maximum absolute atomic E-state index is 13.6. The number of benzene rings is 14. The topological polar surface area (TPSA) is 136 Å². The first-order valence-corrected chi connectivity index (χ1v) is 36.1. The van der Waals surface area contributed by atoms with Crippen LogP contribution in [0.25, 0.3) is 94.8 Å². The second-order valence-corrected chi connectivity index (χ2v) is 27.5. The first kappa shape index (κ1) is 62.0. The fourth-order valence-electron chi connectivity index (χ4n) is 17.3. The van der Waals surface area contributed by atoms with Gasteiger partial charge in [0.25, 0.3) is 17.7 Å². The second kappa shape index (κ2) is 24.0. The van der Waals surface area contributed by atoms with E-state index in [1.165, 1.54) is 33.6 Å². The van der Waals surface area contributed by atoms with Gasteiger partial charge in [-0.05, 0) is 181 Å². The number of hydrogen-bond donors (Lipinski definition) is 0. The third kappa shape index (κ3) is 8.91. The summed E-state index contributed by atoms with van der Waals surface area (Å²) in [5.41, 5.74) is 25.2. The summed E-state index contributed by atoms with van der Waals surface area (Å²) >= 11 is 0. The number of carbonyl (C=O) groups excluding carboxylic acids is 3. The molecule has 0 saturated heterocycles. The Hall–Kier alpha value is -14.6. The zero-order valence-corrected chi connectivity index (χ0v) is 58.1. The van der Waals surface area contributed by atoms with Crippen LogP contribution in [0.3, 0.4) is 0 Å². The van der Waals surface area contributed by atoms with Gasteiger partial charge in [0.15, 0.2) is 5.43 Å². The number of imidazole rings is 3. The predicted octanol–water partition coefficient (Wildman–Crippen LogP) is 20.7. The average molecular weight is 1390 g/mol. The number of pyridine rings is 1. The van der Waals surface area contributed by atoms with Gasteiger partial charge in [-0.1, -0.05) is 182 Å². The van der Waals surface area contributed by atoms with Crippen molar-refractivity contribution in [1.82, 2.24) is 33.2 Å². The molecule has 510 valence electrons. The van der Waals surface area contributed by atoms with Gasteiger partial charge in [0.1, 0.15) is 17.5 Å². The first-order chi connectivity index (χ1) is 53.2. The Kier molecular flexibility index (Phi) is 13.8. The van der Waals surface area contributed by atoms with E-state index < -0.39 is 5.41 Å². The molecule has 0 aliphatic carbocycles. The fourth-order valence-corrected chi connectivity index (χ4v) is 17.3. The summed E-state index contributed by atoms with van der Waals surface area (Å²) in [7, 11) is 0. The highest BCUT2D eigenvalue weighted by Crippen LogP contribution is 2.59. The van der Waals surface area contributed by atoms with Crippen molar-refractivity contribution in [3.05, 3.63) is 383 Å². The Morgan fingerprint density at radius 1 is 0.278 bits per heavy atom. The highest BCUT2D eigenvalue weighted by atomic mass is 16.2. The third-order valence-corrected chi connectivity index (χ3v) is 21.9. The summed E-state index contributed by atoms with van der Waals surface area (Å²) in [6, 6.07) is 113. The zero-order valence-electron chi connectivity index (χ0n) is 58.1. The molecule has 0 radical (unpaired) electrons. The SMILES string of the molecule is CCN1c2ccccc2N(c2ccc3c(c2)-c2nc4ccccc4n2C3=O)c2ccccc21.O=C1c2ccc(-n3c4ccccc4c(=O)c4ccccc43)cc2-c2nc3ccccc3n21.O=C1c2ccc(N3c4ccccc4C(c4ccccc4)(c4ccccc4)c4ccccc43)cc2-c2nc3ccccc3n21. The van der Waals surface area contributed by atoms with Crippen LogP contribution in [0.1, 0.15) is 60.3 Å². The third-order valence-electron chi connectivity index (χ3n) is 21.9. The van der Waals surface area contributed by atoms with E-state index in [1.54, 1.807) is 13.7 Å². The lowest BCUT2D eigenvalue weighted by Gasteiger charge is -2.46. The summed E-state index contributed by atoms with van der Waals surface area (Å²) in [5.74, 6) is 1.96. The number of anilines is 8. The molecule has 0 amide bonds. The molecule has 0 spiro atoms. The number of hydrogen-bond acceptors (Lipinski definition) is 10. The summed E-state index contributed by atoms with van der Waals surface area (Å²) in [6.45, 7) is 3.05. The molecule has 0 N–H and O–H groups in total. The maximum atomic E-state index is 13.6. The number of nitrogens with zero attached hydrogens (tertiary/aromatic N) is 10. The van der Waals surface area contributed by atoms with Crippen LogP contribution in [0.2, 0.25) is 0 Å². The molecule has 0 unspecified atom stereocenters. The molecule has 14 nitrogen and oxygen atoms in total. The van der Waals surface area contributed by atoms with Gasteiger partial charge >= 0.3 is 0 Å². The first-order valence-electron chi connectivity index (χ1n) is 36.1. The van der Waals surface area contributed by atoms with E-state index in [0.29, 0.717) is 44.9 Å². The number of para-hydroxylation sites is 14. The van der Waals surface area contributed by atoms with E-state index in [4.69, 9.17) is 15.0 Å². The summed E-state index contributed by atoms with van der Waals surface area (Å²) in [4.78, 5) is 74.4. The van der Waals surface area contributed by atoms with Crippen molar-refractivity contribution >= 4 is 118 Å². The molecule has 9 heterocycles. The quantitative estimate of drug-likeness (QED) is 0.148. The van der Waals surface area contributed by atoms with Crippen molar-refractivity contribution < 1.29 is 14.4 Å². The van der Waals surface area contributed by atoms with Crippen LogP contribution in [0, 0.1) is 0 Å². The Balaban J connectivity index is 0.000000105. The number of carbonyl (C=O) groups is 3. The molecule has 23 rings (SSSR count). The van der Waals surface area contributed by atoms with Crippen LogP contribution in [0.4, 0.5) is 45.5 Å². The van der Waals surface area contributed by atoms with E-state index in [9.17, 15) is 19.2 Å². The zero-order chi connectivity index (χ0) is 72.0. The molecule has 4 aromatic heterocycles. The lowest BCUT2D eigenvalue weighted by atomic mass is 9.62. The number of aromatic nitrogens is 7. The Bertz CT molecular complexity index is 6750. The van der Waals surface area contributed by atoms with Crippen LogP contribution in [-0.4, -0.2) is 57.5 Å². The Morgan fingerprint density at radius 2 is 0.593 bits per heavy atom. The van der Waals surface area contributed by atoms with Gasteiger partial charge < -0.3 is 19.3 Å². The molecule has 14 heteroatoms. The highest BCUT2D eigenvalue weighted by molar-refractivity contribution is 6.16. The number of rotatable bonds is 6. The average Bonchev–Trinajstić information content (AvgIpc) is 1.07. The molecule has 0 atom stereocenters. The fraction of sp³-hybridized carbons (Fsp3) is 0.0319. The Labute approximate surface area is 618 Å². The standard InChI is InChI=1S/C39H25N3O.C28H20N4O.C27H15N3O2/c43-38-29-24-23-28(25-30(29)37-40-33-19-9-12-22-36(33)42(37)38)41-34-20-10-7-17-31(34)39(26-13-3-1-4-14-26,27-15-5-2-6-16-27)32-18-8-11-21-35(32)41;1-2-30-23-11-5-7-13-25(23)31(26-14-8-6-12-24(26)30)18-15-16-19-20(17-18)27-29-21-9-3-4-10-22(21)32(27)28(19)33;31-25-18-7-1-4-10-22(18)29(23-11-5-2-8-19(23)25)16-13-14-17-20(15-16)26-28-21-9-3-6-12-24(21)30(26)27(17)32/h1-25H;3-17H,2H2,1H3;1-15H. The Morgan fingerprint density at radius 3 is 1.00 bits per heavy atom. The molecule has 14 aromatic carbocycles. The van der Waals surface area contributed by atoms with Gasteiger partial charge in [-0.15, -0.1) is 0 Å². The van der Waals surface area contributed by atoms with Gasteiger partial charge in [0.05, 0.1) is 100 Å². The van der Waals surface area contributed by atoms with E-state index in [-0.39, 0.29) is 23.2 Å². The predicted molar refractivity (Wildman–Crippen MR) is 429 cm³/mol. The van der Waals surface area contributed by atoms with Crippen LogP contribution >= 0.6 is 0 Å². The molecule has 5 aliphatic heterocycles. The van der Waals surface area contributed by atoms with Crippen LogP contribution < -0.4 is 20.1 Å². The molecule has 108 heavy (non-hydrogen) atoms. The molecular weight excluding hydrogens is 1330 g/mol. The van der Waals surface area contributed by atoms with Crippen LogP contribution in [-0.2, 0) is 5.41 Å². The minimum Gasteiger partial charge on any atom is -0.338 e. The summed E-state index contributed by atoms with van der Waals surface area (Å²) in [5, 5.41) is 1.32. The largest absolute Gasteiger partial charge is 0.338 e. The molecule has 0 bridgehead atoms. The van der Waals surface area contributed by atoms with Crippen molar-refractivity contribution in [1.29, 1.82) is 0 Å². The minimum absolute atomic E-state index is 0.0168. The van der Waals surface area contributed by atoms with Crippen molar-refractivity contribution in [2.75, 3.05) is 21.2 Å². The minimum atomic E-state index is -0.521. The maximum Gasteiger partial charge on any atom is 0.264 e. The van der Waals surface area contributed by atoms with Gasteiger partial charge in [-0.2, -0.15) is 0 Å². The molecule has 0 fully saturated rings. The summed E-state index contributed by atoms with van der Waals surface area (Å²) < 4.78 is 7.26. The summed E-state index contributed by atoms with van der Waals surface area (Å²) in [6.07, 6.45) is 0. The van der Waals surface area contributed by atoms with Gasteiger partial charge in [-0.3, -0.25) is 32.9 Å². The van der Waals surface area contributed by atoms with Crippen LogP contribution in [0.5, 0.6) is 0 Å². The van der Waals surface area contributed by atoms with Gasteiger partial charge in [-0.25, -0.2) is 15.0 Å². The molecular formula is C94H60N10O4. The van der Waals surface area contributed by atoms with Crippen LogP contribution in [0.15, 0.2) is 338 Å². The lowest BCUT2D eigenvalue weighted by molar-refractivity contribution is 0.0965. The van der Waals surface area contributed by atoms with E-state index in [2.05, 4.69) is 202 Å². The molecule has 0 saturated carbocycles. The highest BCUT2D eigenvalue weighted by Gasteiger charge is 2.47. The van der Waals surface area contributed by atoms with E-state index in [1.807, 2.05) is 158 Å². The van der Waals surface area contributed by atoms with Gasteiger partial charge in [0, 0.05) is 51.1 Å². The smallest absolute Gasteiger partial charge is 0.264 e. The van der Waals surface area contributed by atoms with E-state index >= 15 is 0 Å². The van der Waals surface area contributed by atoms with Crippen molar-refractivity contribution in [3.8, 4) is 39.9 Å². The normalized spacial score (nSPS) is 13.6. The molecule has 5 aliphatic rings. The van der Waals surface area contributed by atoms with Crippen molar-refractivity contribution in [3.63, 3.8) is 0 Å². The lowest BCUT2D eigenvalue weighted by Crippen LogP contribution is -2.37. The monoisotopic (exact) mass is 1390 g/mol. The number of fused-ring (bicyclic) bond motifs is 21. The van der Waals surface area contributed by atoms with Gasteiger partial charge in [0.2, 0.25) is 0 Å². The molecule has 18 aromatic rings.